The van der Waals surface area contributed by atoms with Crippen LogP contribution in [0.4, 0.5) is 0 Å². The summed E-state index contributed by atoms with van der Waals surface area (Å²) in [6.07, 6.45) is 52.2. The highest BCUT2D eigenvalue weighted by molar-refractivity contribution is 5.76. The first-order valence-electron chi connectivity index (χ1n) is 25.8. The molecule has 1 amide bonds. The molecule has 0 aliphatic rings. The van der Waals surface area contributed by atoms with Crippen LogP contribution in [-0.2, 0) is 14.3 Å². The maximum absolute atomic E-state index is 12.4. The molecule has 0 heterocycles. The normalized spacial score (nSPS) is 12.6. The zero-order valence-electron chi connectivity index (χ0n) is 38.6. The number of ether oxygens (including phenoxy) is 1. The molecule has 0 fully saturated rings. The molecule has 0 saturated carbocycles. The Morgan fingerprint density at radius 1 is 0.421 bits per heavy atom. The van der Waals surface area contributed by atoms with Gasteiger partial charge in [-0.2, -0.15) is 0 Å². The monoisotopic (exact) mass is 808 g/mol. The smallest absolute Gasteiger partial charge is 0.305 e. The number of carbonyl (C=O) groups is 2. The Balaban J connectivity index is 3.40. The van der Waals surface area contributed by atoms with E-state index in [1.165, 1.54) is 199 Å². The predicted molar refractivity (Wildman–Crippen MR) is 246 cm³/mol. The molecule has 0 spiro atoms. The number of hydrogen-bond donors (Lipinski definition) is 3. The van der Waals surface area contributed by atoms with Crippen LogP contribution in [0.5, 0.6) is 0 Å². The van der Waals surface area contributed by atoms with Crippen LogP contribution >= 0.6 is 0 Å². The molecule has 0 aromatic rings. The summed E-state index contributed by atoms with van der Waals surface area (Å²) in [4.78, 5) is 24.5. The van der Waals surface area contributed by atoms with E-state index in [9.17, 15) is 19.8 Å². The third kappa shape index (κ3) is 44.2. The highest BCUT2D eigenvalue weighted by atomic mass is 16.5. The molecule has 0 radical (unpaired) electrons. The van der Waals surface area contributed by atoms with E-state index in [4.69, 9.17) is 4.74 Å². The fourth-order valence-corrected chi connectivity index (χ4v) is 8.17. The first kappa shape index (κ1) is 55.9. The van der Waals surface area contributed by atoms with Crippen LogP contribution in [0.15, 0.2) is 0 Å². The SMILES string of the molecule is CCCCCCCCCCCCCCCCCCCCCC(=O)OCCCCCCCCCCCCCC(=O)NC(CO)C(O)CCCCCCCCCCCC. The van der Waals surface area contributed by atoms with Gasteiger partial charge in [-0.3, -0.25) is 9.59 Å². The second-order valence-electron chi connectivity index (χ2n) is 17.9. The fourth-order valence-electron chi connectivity index (χ4n) is 8.17. The fraction of sp³-hybridized carbons (Fsp3) is 0.961. The van der Waals surface area contributed by atoms with E-state index in [0.29, 0.717) is 25.9 Å². The quantitative estimate of drug-likeness (QED) is 0.0420. The molecule has 0 aromatic carbocycles. The number of aliphatic hydroxyl groups is 2. The zero-order valence-corrected chi connectivity index (χ0v) is 38.6. The van der Waals surface area contributed by atoms with Gasteiger partial charge in [0, 0.05) is 12.8 Å². The van der Waals surface area contributed by atoms with Crippen molar-refractivity contribution in [3.05, 3.63) is 0 Å². The number of rotatable bonds is 48. The molecule has 0 saturated heterocycles. The van der Waals surface area contributed by atoms with Gasteiger partial charge in [-0.1, -0.05) is 251 Å². The Hall–Kier alpha value is -1.14. The largest absolute Gasteiger partial charge is 0.466 e. The van der Waals surface area contributed by atoms with Crippen LogP contribution in [0.25, 0.3) is 0 Å². The van der Waals surface area contributed by atoms with Gasteiger partial charge in [0.25, 0.3) is 0 Å². The Labute approximate surface area is 356 Å². The summed E-state index contributed by atoms with van der Waals surface area (Å²) in [6, 6.07) is -0.552. The third-order valence-electron chi connectivity index (χ3n) is 12.2. The van der Waals surface area contributed by atoms with Crippen LogP contribution in [0.3, 0.4) is 0 Å². The number of nitrogens with one attached hydrogen (secondary N) is 1. The van der Waals surface area contributed by atoms with Gasteiger partial charge in [0.15, 0.2) is 0 Å². The van der Waals surface area contributed by atoms with E-state index >= 15 is 0 Å². The zero-order chi connectivity index (χ0) is 41.5. The van der Waals surface area contributed by atoms with Gasteiger partial charge in [-0.15, -0.1) is 0 Å². The summed E-state index contributed by atoms with van der Waals surface area (Å²) in [5.74, 6) is -0.0626. The first-order chi connectivity index (χ1) is 28.0. The number of aliphatic hydroxyl groups excluding tert-OH is 2. The Bertz CT molecular complexity index is 806. The van der Waals surface area contributed by atoms with E-state index in [1.807, 2.05) is 0 Å². The summed E-state index contributed by atoms with van der Waals surface area (Å²) < 4.78 is 5.47. The first-order valence-corrected chi connectivity index (χ1v) is 25.8. The summed E-state index contributed by atoms with van der Waals surface area (Å²) in [5.41, 5.74) is 0. The van der Waals surface area contributed by atoms with Gasteiger partial charge in [-0.05, 0) is 25.7 Å². The molecule has 0 aliphatic carbocycles. The van der Waals surface area contributed by atoms with Crippen molar-refractivity contribution in [3.63, 3.8) is 0 Å². The lowest BCUT2D eigenvalue weighted by molar-refractivity contribution is -0.143. The number of unbranched alkanes of at least 4 members (excludes halogenated alkanes) is 37. The Morgan fingerprint density at radius 3 is 1.07 bits per heavy atom. The van der Waals surface area contributed by atoms with Gasteiger partial charge in [0.2, 0.25) is 5.91 Å². The van der Waals surface area contributed by atoms with Gasteiger partial charge in [-0.25, -0.2) is 0 Å². The minimum atomic E-state index is -0.673. The lowest BCUT2D eigenvalue weighted by atomic mass is 10.0. The van der Waals surface area contributed by atoms with Crippen molar-refractivity contribution in [2.24, 2.45) is 0 Å². The molecule has 0 aliphatic heterocycles. The van der Waals surface area contributed by atoms with Crippen LogP contribution in [0.2, 0.25) is 0 Å². The van der Waals surface area contributed by atoms with Crippen molar-refractivity contribution < 1.29 is 24.5 Å². The highest BCUT2D eigenvalue weighted by Crippen LogP contribution is 2.17. The van der Waals surface area contributed by atoms with E-state index < -0.39 is 12.1 Å². The average molecular weight is 808 g/mol. The number of hydrogen-bond acceptors (Lipinski definition) is 5. The van der Waals surface area contributed by atoms with Crippen LogP contribution < -0.4 is 5.32 Å². The maximum atomic E-state index is 12.4. The van der Waals surface area contributed by atoms with E-state index in [0.717, 1.165) is 57.8 Å². The Kier molecular flexibility index (Phi) is 46.6. The van der Waals surface area contributed by atoms with Crippen LogP contribution in [-0.4, -0.2) is 47.4 Å². The topological polar surface area (TPSA) is 95.9 Å². The van der Waals surface area contributed by atoms with Gasteiger partial charge in [0.05, 0.1) is 25.4 Å². The summed E-state index contributed by atoms with van der Waals surface area (Å²) in [6.45, 7) is 4.91. The van der Waals surface area contributed by atoms with Crippen molar-refractivity contribution in [2.75, 3.05) is 13.2 Å². The molecule has 3 N–H and O–H groups in total. The van der Waals surface area contributed by atoms with E-state index in [-0.39, 0.29) is 18.5 Å². The molecule has 0 aromatic heterocycles. The van der Waals surface area contributed by atoms with Gasteiger partial charge < -0.3 is 20.3 Å². The molecule has 2 unspecified atom stereocenters. The van der Waals surface area contributed by atoms with Crippen molar-refractivity contribution in [1.29, 1.82) is 0 Å². The summed E-state index contributed by atoms with van der Waals surface area (Å²) in [7, 11) is 0. The van der Waals surface area contributed by atoms with Gasteiger partial charge in [0.1, 0.15) is 0 Å². The minimum absolute atomic E-state index is 0.00873. The highest BCUT2D eigenvalue weighted by Gasteiger charge is 2.20. The molecular formula is C51H101NO5. The van der Waals surface area contributed by atoms with Crippen LogP contribution in [0.1, 0.15) is 290 Å². The molecule has 2 atom stereocenters. The molecule has 0 bridgehead atoms. The van der Waals surface area contributed by atoms with Crippen molar-refractivity contribution in [3.8, 4) is 0 Å². The average Bonchev–Trinajstić information content (AvgIpc) is 3.21. The lowest BCUT2D eigenvalue weighted by Crippen LogP contribution is -2.45. The molecule has 6 nitrogen and oxygen atoms in total. The molecule has 6 heteroatoms. The molecule has 340 valence electrons. The number of amides is 1. The van der Waals surface area contributed by atoms with Gasteiger partial charge >= 0.3 is 5.97 Å². The van der Waals surface area contributed by atoms with Crippen molar-refractivity contribution in [2.45, 2.75) is 302 Å². The second kappa shape index (κ2) is 47.5. The number of carbonyl (C=O) groups excluding carboxylic acids is 2. The van der Waals surface area contributed by atoms with Crippen molar-refractivity contribution >= 4 is 11.9 Å². The van der Waals surface area contributed by atoms with Crippen molar-refractivity contribution in [1.82, 2.24) is 5.32 Å². The molecular weight excluding hydrogens is 707 g/mol. The lowest BCUT2D eigenvalue weighted by Gasteiger charge is -2.22. The second-order valence-corrected chi connectivity index (χ2v) is 17.9. The van der Waals surface area contributed by atoms with E-state index in [1.54, 1.807) is 0 Å². The number of esters is 1. The summed E-state index contributed by atoms with van der Waals surface area (Å²) in [5, 5.41) is 23.1. The standard InChI is InChI=1S/C51H101NO5/c1-3-5-7-9-11-13-15-16-17-18-19-20-21-22-25-29-33-37-41-45-51(56)57-46-42-38-34-30-26-23-24-28-32-36-40-44-50(55)52-48(47-53)49(54)43-39-35-31-27-14-12-10-8-6-4-2/h48-49,53-54H,3-47H2,1-2H3,(H,52,55). The molecule has 57 heavy (non-hydrogen) atoms. The summed E-state index contributed by atoms with van der Waals surface area (Å²) >= 11 is 0. The minimum Gasteiger partial charge on any atom is -0.466 e. The third-order valence-corrected chi connectivity index (χ3v) is 12.2. The van der Waals surface area contributed by atoms with Crippen LogP contribution in [0, 0.1) is 0 Å². The predicted octanol–water partition coefficient (Wildman–Crippen LogP) is 15.2. The Morgan fingerprint density at radius 2 is 0.719 bits per heavy atom. The van der Waals surface area contributed by atoms with E-state index in [2.05, 4.69) is 19.2 Å². The molecule has 0 rings (SSSR count). The maximum Gasteiger partial charge on any atom is 0.305 e.